The maximum absolute atomic E-state index is 14.3. The number of ether oxygens (including phenoxy) is 4. The van der Waals surface area contributed by atoms with Gasteiger partial charge in [0.2, 0.25) is 0 Å². The van der Waals surface area contributed by atoms with Gasteiger partial charge in [-0.15, -0.1) is 0 Å². The Morgan fingerprint density at radius 1 is 1.44 bits per heavy atom. The molecule has 0 aromatic rings. The number of carbonyl (C=O) groups is 1. The fourth-order valence-electron chi connectivity index (χ4n) is 2.38. The minimum absolute atomic E-state index is 0.447. The Kier molecular flexibility index (Phi) is 3.62. The fraction of sp³-hybridized carbons (Fsp3) is 0.917. The molecular formula is C12H19FO5. The van der Waals surface area contributed by atoms with Gasteiger partial charge in [0.05, 0.1) is 0 Å². The smallest absolute Gasteiger partial charge is 0.302 e. The summed E-state index contributed by atoms with van der Waals surface area (Å²) < 4.78 is 35.7. The fourth-order valence-corrected chi connectivity index (χ4v) is 2.38. The van der Waals surface area contributed by atoms with Crippen LogP contribution in [0.5, 0.6) is 0 Å². The van der Waals surface area contributed by atoms with E-state index < -0.39 is 42.5 Å². The van der Waals surface area contributed by atoms with E-state index in [1.165, 1.54) is 6.92 Å². The Morgan fingerprint density at radius 2 is 2.11 bits per heavy atom. The molecule has 2 aliphatic heterocycles. The molecule has 2 rings (SSSR count). The summed E-state index contributed by atoms with van der Waals surface area (Å²) in [6.45, 7) is 6.52. The van der Waals surface area contributed by atoms with Crippen molar-refractivity contribution in [2.24, 2.45) is 0 Å². The lowest BCUT2D eigenvalue weighted by Gasteiger charge is -2.26. The molecule has 2 fully saturated rings. The largest absolute Gasteiger partial charge is 0.460 e. The molecule has 2 heterocycles. The summed E-state index contributed by atoms with van der Waals surface area (Å²) in [4.78, 5) is 11.0. The van der Waals surface area contributed by atoms with Crippen molar-refractivity contribution in [3.63, 3.8) is 0 Å². The lowest BCUT2D eigenvalue weighted by Crippen LogP contribution is -2.40. The third-order valence-electron chi connectivity index (χ3n) is 3.09. The molecule has 6 heteroatoms. The topological polar surface area (TPSA) is 54.0 Å². The highest BCUT2D eigenvalue weighted by molar-refractivity contribution is 5.66. The summed E-state index contributed by atoms with van der Waals surface area (Å²) >= 11 is 0. The van der Waals surface area contributed by atoms with E-state index in [0.717, 1.165) is 0 Å². The number of rotatable bonds is 3. The second-order valence-corrected chi connectivity index (χ2v) is 5.07. The minimum Gasteiger partial charge on any atom is -0.460 e. The first-order valence-corrected chi connectivity index (χ1v) is 6.16. The second-order valence-electron chi connectivity index (χ2n) is 5.07. The first-order chi connectivity index (χ1) is 8.34. The van der Waals surface area contributed by atoms with Crippen LogP contribution in [0.2, 0.25) is 0 Å². The predicted molar refractivity (Wildman–Crippen MR) is 59.4 cm³/mol. The first kappa shape index (κ1) is 13.7. The third-order valence-corrected chi connectivity index (χ3v) is 3.09. The highest BCUT2D eigenvalue weighted by atomic mass is 19.1. The van der Waals surface area contributed by atoms with Gasteiger partial charge in [-0.1, -0.05) is 6.92 Å². The Morgan fingerprint density at radius 3 is 2.61 bits per heavy atom. The molecule has 5 atom stereocenters. The van der Waals surface area contributed by atoms with Crippen LogP contribution in [0.3, 0.4) is 0 Å². The van der Waals surface area contributed by atoms with E-state index in [-0.39, 0.29) is 0 Å². The van der Waals surface area contributed by atoms with E-state index in [1.807, 2.05) is 6.92 Å². The lowest BCUT2D eigenvalue weighted by atomic mass is 10.1. The molecule has 2 saturated heterocycles. The van der Waals surface area contributed by atoms with Crippen molar-refractivity contribution in [3.05, 3.63) is 0 Å². The second kappa shape index (κ2) is 4.75. The highest BCUT2D eigenvalue weighted by Gasteiger charge is 2.57. The monoisotopic (exact) mass is 262 g/mol. The van der Waals surface area contributed by atoms with E-state index in [4.69, 9.17) is 18.9 Å². The van der Waals surface area contributed by atoms with Gasteiger partial charge < -0.3 is 18.9 Å². The number of carbonyl (C=O) groups excluding carboxylic acids is 1. The van der Waals surface area contributed by atoms with Crippen LogP contribution < -0.4 is 0 Å². The maximum Gasteiger partial charge on any atom is 0.302 e. The van der Waals surface area contributed by atoms with Crippen molar-refractivity contribution >= 4 is 5.97 Å². The van der Waals surface area contributed by atoms with Gasteiger partial charge in [-0.05, 0) is 20.3 Å². The van der Waals surface area contributed by atoms with Crippen LogP contribution in [0.1, 0.15) is 34.1 Å². The van der Waals surface area contributed by atoms with Crippen molar-refractivity contribution in [3.8, 4) is 0 Å². The van der Waals surface area contributed by atoms with E-state index in [1.54, 1.807) is 13.8 Å². The highest BCUT2D eigenvalue weighted by Crippen LogP contribution is 2.40. The normalized spacial score (nSPS) is 39.4. The molecule has 0 N–H and O–H groups in total. The predicted octanol–water partition coefficient (Wildman–Crippen LogP) is 1.54. The summed E-state index contributed by atoms with van der Waals surface area (Å²) in [7, 11) is 0. The first-order valence-electron chi connectivity index (χ1n) is 6.16. The summed E-state index contributed by atoms with van der Waals surface area (Å²) in [6.07, 6.45) is -3.81. The number of halogens is 1. The molecule has 0 aromatic heterocycles. The standard InChI is InChI=1S/C12H19FO5/c1-5-7(15-6(2)14)9-8(13)10-11(16-9)18-12(3,4)17-10/h7-11H,5H2,1-4H3/t7?,8-,9+,10+,11+/m0/s1. The van der Waals surface area contributed by atoms with Gasteiger partial charge in [-0.2, -0.15) is 0 Å². The van der Waals surface area contributed by atoms with Crippen LogP contribution in [0.15, 0.2) is 0 Å². The Hall–Kier alpha value is -0.720. The van der Waals surface area contributed by atoms with Crippen molar-refractivity contribution in [2.45, 2.75) is 70.7 Å². The molecule has 0 radical (unpaired) electrons. The maximum atomic E-state index is 14.3. The molecule has 0 spiro atoms. The molecule has 104 valence electrons. The minimum atomic E-state index is -1.36. The number of hydrogen-bond acceptors (Lipinski definition) is 5. The Balaban J connectivity index is 2.04. The number of alkyl halides is 1. The van der Waals surface area contributed by atoms with Crippen LogP contribution in [-0.2, 0) is 23.7 Å². The molecule has 2 aliphatic rings. The quantitative estimate of drug-likeness (QED) is 0.722. The zero-order valence-corrected chi connectivity index (χ0v) is 11.0. The summed E-state index contributed by atoms with van der Waals surface area (Å²) in [6, 6.07) is 0. The molecule has 0 bridgehead atoms. The average Bonchev–Trinajstić information content (AvgIpc) is 2.70. The van der Waals surface area contributed by atoms with Crippen LogP contribution in [0.4, 0.5) is 4.39 Å². The van der Waals surface area contributed by atoms with E-state index in [2.05, 4.69) is 0 Å². The molecule has 0 aromatic carbocycles. The van der Waals surface area contributed by atoms with Crippen molar-refractivity contribution in [2.75, 3.05) is 0 Å². The van der Waals surface area contributed by atoms with Crippen LogP contribution in [-0.4, -0.2) is 42.5 Å². The number of esters is 1. The summed E-state index contributed by atoms with van der Waals surface area (Å²) in [5.41, 5.74) is 0. The van der Waals surface area contributed by atoms with Gasteiger partial charge in [-0.25, -0.2) is 4.39 Å². The molecule has 0 aliphatic carbocycles. The van der Waals surface area contributed by atoms with E-state index in [0.29, 0.717) is 6.42 Å². The zero-order valence-electron chi connectivity index (χ0n) is 11.0. The molecule has 0 amide bonds. The van der Waals surface area contributed by atoms with E-state index in [9.17, 15) is 9.18 Å². The SMILES string of the molecule is CCC(OC(C)=O)[C@H]1O[C@@H]2OC(C)(C)O[C@@H]2[C@H]1F. The van der Waals surface area contributed by atoms with Crippen LogP contribution >= 0.6 is 0 Å². The average molecular weight is 262 g/mol. The van der Waals surface area contributed by atoms with Gasteiger partial charge >= 0.3 is 5.97 Å². The van der Waals surface area contributed by atoms with Gasteiger partial charge in [0.25, 0.3) is 0 Å². The molecule has 18 heavy (non-hydrogen) atoms. The van der Waals surface area contributed by atoms with Gasteiger partial charge in [0.15, 0.2) is 18.2 Å². The Bertz CT molecular complexity index is 332. The molecular weight excluding hydrogens is 243 g/mol. The zero-order chi connectivity index (χ0) is 13.5. The molecule has 1 unspecified atom stereocenters. The molecule has 0 saturated carbocycles. The number of fused-ring (bicyclic) bond motifs is 1. The van der Waals surface area contributed by atoms with Gasteiger partial charge in [0, 0.05) is 6.92 Å². The lowest BCUT2D eigenvalue weighted by molar-refractivity contribution is -0.224. The van der Waals surface area contributed by atoms with Crippen LogP contribution in [0, 0.1) is 0 Å². The van der Waals surface area contributed by atoms with Gasteiger partial charge in [-0.3, -0.25) is 4.79 Å². The van der Waals surface area contributed by atoms with Crippen LogP contribution in [0.25, 0.3) is 0 Å². The molecule has 5 nitrogen and oxygen atoms in total. The van der Waals surface area contributed by atoms with Crippen molar-refractivity contribution < 1.29 is 28.1 Å². The number of hydrogen-bond donors (Lipinski definition) is 0. The van der Waals surface area contributed by atoms with Crippen molar-refractivity contribution in [1.82, 2.24) is 0 Å². The Labute approximate surface area is 106 Å². The third kappa shape index (κ3) is 2.50. The summed E-state index contributed by atoms with van der Waals surface area (Å²) in [5, 5.41) is 0. The van der Waals surface area contributed by atoms with E-state index >= 15 is 0 Å². The van der Waals surface area contributed by atoms with Crippen molar-refractivity contribution in [1.29, 1.82) is 0 Å². The summed E-state index contributed by atoms with van der Waals surface area (Å²) in [5.74, 6) is -1.29. The van der Waals surface area contributed by atoms with Gasteiger partial charge in [0.1, 0.15) is 18.3 Å².